The first-order valence-corrected chi connectivity index (χ1v) is 22.0. The van der Waals surface area contributed by atoms with Crippen molar-refractivity contribution in [3.63, 3.8) is 0 Å². The largest absolute Gasteiger partial charge is 0.506 e. The van der Waals surface area contributed by atoms with Crippen LogP contribution in [0.15, 0.2) is 85.5 Å². The lowest BCUT2D eigenvalue weighted by molar-refractivity contribution is 0.0263. The van der Waals surface area contributed by atoms with E-state index in [4.69, 9.17) is 18.4 Å². The average Bonchev–Trinajstić information content (AvgIpc) is 3.98. The van der Waals surface area contributed by atoms with Crippen LogP contribution in [0.3, 0.4) is 0 Å². The van der Waals surface area contributed by atoms with Crippen LogP contribution in [0.1, 0.15) is 67.2 Å². The van der Waals surface area contributed by atoms with Crippen molar-refractivity contribution < 1.29 is 41.5 Å². The molecule has 2 saturated heterocycles. The molecule has 2 aliphatic carbocycles. The van der Waals surface area contributed by atoms with Gasteiger partial charge in [0.2, 0.25) is 0 Å². The van der Waals surface area contributed by atoms with Gasteiger partial charge in [0.1, 0.15) is 34.1 Å². The second-order valence-corrected chi connectivity index (χ2v) is 19.4. The van der Waals surface area contributed by atoms with Gasteiger partial charge in [0.05, 0.1) is 18.5 Å². The highest BCUT2D eigenvalue weighted by atomic mass is 32.2. The van der Waals surface area contributed by atoms with Gasteiger partial charge in [0.25, 0.3) is 10.1 Å². The Morgan fingerprint density at radius 2 is 1.07 bits per heavy atom. The number of rotatable bonds is 6. The number of fused-ring (bicyclic) bond motifs is 2. The lowest BCUT2D eigenvalue weighted by Gasteiger charge is -2.25. The van der Waals surface area contributed by atoms with Gasteiger partial charge in [0, 0.05) is 51.0 Å². The molecule has 2 aromatic carbocycles. The second kappa shape index (κ2) is 18.0. The van der Waals surface area contributed by atoms with Crippen LogP contribution >= 0.6 is 0 Å². The summed E-state index contributed by atoms with van der Waals surface area (Å²) in [5, 5.41) is 17.7. The minimum atomic E-state index is -3.40. The maximum atomic E-state index is 12.3. The van der Waals surface area contributed by atoms with Gasteiger partial charge in [-0.3, -0.25) is 4.18 Å². The van der Waals surface area contributed by atoms with E-state index in [1.165, 1.54) is 0 Å². The Hall–Kier alpha value is -5.09. The van der Waals surface area contributed by atoms with Crippen LogP contribution < -0.4 is 4.74 Å². The quantitative estimate of drug-likeness (QED) is 0.197. The lowest BCUT2D eigenvalue weighted by atomic mass is 10.0. The molecule has 6 atom stereocenters. The number of ether oxygens (including phenoxy) is 3. The second-order valence-electron chi connectivity index (χ2n) is 17.8. The van der Waals surface area contributed by atoms with Crippen LogP contribution in [0.25, 0.3) is 11.4 Å². The number of para-hydroxylation sites is 4. The van der Waals surface area contributed by atoms with E-state index in [1.807, 2.05) is 106 Å². The van der Waals surface area contributed by atoms with Gasteiger partial charge in [-0.05, 0) is 127 Å². The Morgan fingerprint density at radius 3 is 1.49 bits per heavy atom. The van der Waals surface area contributed by atoms with Crippen LogP contribution in [0, 0.1) is 23.7 Å². The molecule has 0 spiro atoms. The summed E-state index contributed by atoms with van der Waals surface area (Å²) in [4.78, 5) is 27.9. The van der Waals surface area contributed by atoms with E-state index in [9.17, 15) is 23.1 Å². The summed E-state index contributed by atoms with van der Waals surface area (Å²) in [7, 11) is -3.40. The van der Waals surface area contributed by atoms with E-state index in [0.29, 0.717) is 55.3 Å². The molecule has 4 aromatic rings. The molecule has 1 N–H and O–H groups in total. The molecule has 15 nitrogen and oxygen atoms in total. The van der Waals surface area contributed by atoms with Gasteiger partial charge >= 0.3 is 12.2 Å². The van der Waals surface area contributed by atoms with Crippen molar-refractivity contribution in [1.82, 2.24) is 29.4 Å². The summed E-state index contributed by atoms with van der Waals surface area (Å²) in [5.41, 5.74) is 0.713. The number of amides is 2. The van der Waals surface area contributed by atoms with Crippen molar-refractivity contribution in [2.24, 2.45) is 23.7 Å². The molecular formula is C43H58N6O9S. The fourth-order valence-corrected chi connectivity index (χ4v) is 8.92. The number of hydrogen-bond acceptors (Lipinski definition) is 11. The van der Waals surface area contributed by atoms with E-state index in [0.717, 1.165) is 43.6 Å². The number of benzene rings is 2. The minimum absolute atomic E-state index is 0.178. The molecule has 2 saturated carbocycles. The molecule has 2 aliphatic heterocycles. The van der Waals surface area contributed by atoms with Crippen LogP contribution in [-0.2, 0) is 23.8 Å². The third-order valence-electron chi connectivity index (χ3n) is 10.6. The molecule has 8 rings (SSSR count). The number of hydrogen-bond donors (Lipinski definition) is 1. The van der Waals surface area contributed by atoms with Crippen molar-refractivity contribution in [2.45, 2.75) is 90.6 Å². The summed E-state index contributed by atoms with van der Waals surface area (Å²) in [5.74, 6) is 2.69. The number of likely N-dealkylation sites (tertiary alicyclic amines) is 2. The molecule has 4 aliphatic rings. The summed E-state index contributed by atoms with van der Waals surface area (Å²) in [6, 6.07) is 18.8. The Balaban J connectivity index is 0.000000160. The van der Waals surface area contributed by atoms with Gasteiger partial charge in [-0.15, -0.1) is 0 Å². The first-order valence-electron chi connectivity index (χ1n) is 20.2. The molecule has 320 valence electrons. The van der Waals surface area contributed by atoms with Crippen molar-refractivity contribution in [3.8, 4) is 22.9 Å². The van der Waals surface area contributed by atoms with Crippen LogP contribution in [0.2, 0.25) is 0 Å². The van der Waals surface area contributed by atoms with Gasteiger partial charge in [-0.2, -0.15) is 18.6 Å². The normalized spacial score (nSPS) is 23.6. The van der Waals surface area contributed by atoms with E-state index in [-0.39, 0.29) is 30.1 Å². The fourth-order valence-electron chi connectivity index (χ4n) is 8.27. The predicted octanol–water partition coefficient (Wildman–Crippen LogP) is 7.08. The molecule has 16 heteroatoms. The molecule has 0 radical (unpaired) electrons. The molecule has 0 bridgehead atoms. The highest BCUT2D eigenvalue weighted by Gasteiger charge is 2.45. The average molecular weight is 835 g/mol. The maximum Gasteiger partial charge on any atom is 0.410 e. The third-order valence-corrected chi connectivity index (χ3v) is 11.2. The topological polar surface area (TPSA) is 168 Å². The fraction of sp³-hybridized carbons (Fsp3) is 0.535. The lowest BCUT2D eigenvalue weighted by Crippen LogP contribution is -2.36. The third kappa shape index (κ3) is 12.2. The van der Waals surface area contributed by atoms with Crippen LogP contribution in [-0.4, -0.2) is 111 Å². The van der Waals surface area contributed by atoms with Crippen molar-refractivity contribution in [2.75, 3.05) is 32.4 Å². The molecule has 59 heavy (non-hydrogen) atoms. The monoisotopic (exact) mass is 834 g/mol. The number of aromatic hydroxyl groups is 1. The van der Waals surface area contributed by atoms with Gasteiger partial charge in [-0.25, -0.2) is 19.0 Å². The van der Waals surface area contributed by atoms with Crippen molar-refractivity contribution >= 4 is 22.3 Å². The van der Waals surface area contributed by atoms with Crippen molar-refractivity contribution in [1.29, 1.82) is 0 Å². The number of phenols is 1. The minimum Gasteiger partial charge on any atom is -0.506 e. The summed E-state index contributed by atoms with van der Waals surface area (Å²) in [6.07, 6.45) is 11.0. The zero-order valence-corrected chi connectivity index (χ0v) is 35.8. The van der Waals surface area contributed by atoms with Gasteiger partial charge < -0.3 is 29.1 Å². The van der Waals surface area contributed by atoms with Gasteiger partial charge in [-0.1, -0.05) is 24.3 Å². The maximum absolute atomic E-state index is 12.3. The Labute approximate surface area is 347 Å². The highest BCUT2D eigenvalue weighted by Crippen LogP contribution is 2.42. The highest BCUT2D eigenvalue weighted by molar-refractivity contribution is 7.86. The van der Waals surface area contributed by atoms with E-state index >= 15 is 0 Å². The van der Waals surface area contributed by atoms with E-state index in [1.54, 1.807) is 40.3 Å². The Bertz CT molecular complexity index is 2090. The van der Waals surface area contributed by atoms with Crippen LogP contribution in [0.5, 0.6) is 11.5 Å². The number of carbonyl (C=O) groups is 2. The van der Waals surface area contributed by atoms with Gasteiger partial charge in [0.15, 0.2) is 0 Å². The number of aromatic nitrogens is 4. The summed E-state index contributed by atoms with van der Waals surface area (Å²) < 4.78 is 48.0. The molecule has 2 unspecified atom stereocenters. The SMILES string of the molecule is CC(C)(C)OC(=O)N1C[C@H]2CC(OS(C)(=O)=O)C[C@H]2C1.CC(C)(C)OC(=O)N1C[C@H]2CC(Oc3ccccc3-n3cccn3)C[C@H]2C1.Oc1ccccc1-n1cccn1. The number of phenolic OH excluding ortho intramolecular Hbond substituents is 1. The van der Waals surface area contributed by atoms with E-state index < -0.39 is 21.3 Å². The zero-order chi connectivity index (χ0) is 42.5. The first-order chi connectivity index (χ1) is 27.8. The van der Waals surface area contributed by atoms with E-state index in [2.05, 4.69) is 10.2 Å². The molecular weight excluding hydrogens is 777 g/mol. The smallest absolute Gasteiger partial charge is 0.410 e. The Morgan fingerprint density at radius 1 is 0.644 bits per heavy atom. The predicted molar refractivity (Wildman–Crippen MR) is 221 cm³/mol. The number of nitrogens with zero attached hydrogens (tertiary/aromatic N) is 6. The molecule has 4 fully saturated rings. The molecule has 2 amide bonds. The summed E-state index contributed by atoms with van der Waals surface area (Å²) >= 11 is 0. The van der Waals surface area contributed by atoms with Crippen LogP contribution in [0.4, 0.5) is 9.59 Å². The number of carbonyl (C=O) groups excluding carboxylic acids is 2. The Kier molecular flexibility index (Phi) is 13.3. The van der Waals surface area contributed by atoms with Crippen molar-refractivity contribution in [3.05, 3.63) is 85.5 Å². The molecule has 4 heterocycles. The first kappa shape index (κ1) is 43.5. The molecule has 2 aromatic heterocycles. The zero-order valence-electron chi connectivity index (χ0n) is 35.0. The standard InChI is InChI=1S/C21H27N3O3.C13H23NO5S.C9H8N2O/c1-21(2,3)27-20(25)23-13-15-11-17(12-16(15)14-23)26-19-8-5-4-7-18(19)24-10-6-9-22-24;1-13(2,3)18-12(15)14-7-9-5-11(6-10(9)8-14)19-20(4,16)17;12-9-5-2-1-4-8(9)11-7-3-6-10-11/h4-10,15-17H,11-14H2,1-3H3;9-11H,5-8H2,1-4H3;1-7,12H/t15-,16+,17?;9-,10+,11?;. The summed E-state index contributed by atoms with van der Waals surface area (Å²) in [6.45, 7) is 14.0.